The van der Waals surface area contributed by atoms with Gasteiger partial charge in [0.25, 0.3) is 0 Å². The van der Waals surface area contributed by atoms with Gasteiger partial charge in [-0.25, -0.2) is 0 Å². The molecule has 4 nitrogen and oxygen atoms in total. The maximum Gasteiger partial charge on any atom is 0.127 e. The smallest absolute Gasteiger partial charge is 0.127 e. The van der Waals surface area contributed by atoms with Gasteiger partial charge in [-0.15, -0.1) is 0 Å². The highest BCUT2D eigenvalue weighted by molar-refractivity contribution is 5.49. The molecule has 0 aromatic heterocycles. The molecule has 22 heavy (non-hydrogen) atoms. The van der Waals surface area contributed by atoms with Crippen molar-refractivity contribution < 1.29 is 14.6 Å². The maximum absolute atomic E-state index is 10.0. The summed E-state index contributed by atoms with van der Waals surface area (Å²) in [6, 6.07) is 4.17. The predicted molar refractivity (Wildman–Crippen MR) is 86.5 cm³/mol. The number of fused-ring (bicyclic) bond motifs is 1. The molecule has 1 aromatic carbocycles. The maximum atomic E-state index is 10.0. The molecular formula is C18H27NO3. The first-order valence-electron chi connectivity index (χ1n) is 8.30. The number of aliphatic hydroxyl groups excluding tert-OH is 1. The molecule has 1 saturated carbocycles. The molecule has 0 amide bonds. The van der Waals surface area contributed by atoms with E-state index >= 15 is 0 Å². The summed E-state index contributed by atoms with van der Waals surface area (Å²) in [5, 5.41) is 10.0. The first-order valence-corrected chi connectivity index (χ1v) is 8.30. The third-order valence-electron chi connectivity index (χ3n) is 4.88. The van der Waals surface area contributed by atoms with Crippen LogP contribution in [-0.4, -0.2) is 42.9 Å². The van der Waals surface area contributed by atoms with E-state index < -0.39 is 0 Å². The second-order valence-corrected chi connectivity index (χ2v) is 6.86. The zero-order valence-electron chi connectivity index (χ0n) is 13.8. The van der Waals surface area contributed by atoms with Crippen LogP contribution in [0.15, 0.2) is 12.1 Å². The van der Waals surface area contributed by atoms with Crippen LogP contribution in [0.1, 0.15) is 37.3 Å². The van der Waals surface area contributed by atoms with Gasteiger partial charge in [0.2, 0.25) is 0 Å². The summed E-state index contributed by atoms with van der Waals surface area (Å²) in [6.45, 7) is 3.87. The van der Waals surface area contributed by atoms with Crippen LogP contribution in [0, 0.1) is 5.92 Å². The number of methoxy groups -OCH3 is 1. The van der Waals surface area contributed by atoms with Gasteiger partial charge in [-0.2, -0.15) is 0 Å². The molecule has 3 atom stereocenters. The summed E-state index contributed by atoms with van der Waals surface area (Å²) >= 11 is 0. The van der Waals surface area contributed by atoms with E-state index in [0.717, 1.165) is 50.3 Å². The Bertz CT molecular complexity index is 531. The molecule has 122 valence electrons. The number of hydrogen-bond donors (Lipinski definition) is 1. The molecule has 1 aromatic rings. The third kappa shape index (κ3) is 3.23. The van der Waals surface area contributed by atoms with E-state index in [1.165, 1.54) is 11.1 Å². The molecule has 3 rings (SSSR count). The first-order chi connectivity index (χ1) is 10.6. The van der Waals surface area contributed by atoms with Crippen molar-refractivity contribution in [3.8, 4) is 11.5 Å². The fourth-order valence-corrected chi connectivity index (χ4v) is 3.80. The van der Waals surface area contributed by atoms with Crippen LogP contribution < -0.4 is 9.47 Å². The lowest BCUT2D eigenvalue weighted by Crippen LogP contribution is -2.29. The quantitative estimate of drug-likeness (QED) is 0.908. The Balaban J connectivity index is 1.73. The summed E-state index contributed by atoms with van der Waals surface area (Å²) in [6.07, 6.45) is 4.29. The van der Waals surface area contributed by atoms with E-state index in [-0.39, 0.29) is 12.2 Å². The Labute approximate surface area is 133 Å². The summed E-state index contributed by atoms with van der Waals surface area (Å²) in [4.78, 5) is 2.29. The van der Waals surface area contributed by atoms with Crippen LogP contribution in [0.4, 0.5) is 0 Å². The lowest BCUT2D eigenvalue weighted by atomic mass is 10.0. The van der Waals surface area contributed by atoms with Crippen molar-refractivity contribution in [2.45, 2.75) is 51.4 Å². The van der Waals surface area contributed by atoms with E-state index in [0.29, 0.717) is 5.92 Å². The molecule has 1 fully saturated rings. The van der Waals surface area contributed by atoms with Gasteiger partial charge in [-0.1, -0.05) is 6.42 Å². The molecule has 0 saturated heterocycles. The van der Waals surface area contributed by atoms with Crippen LogP contribution in [0.2, 0.25) is 0 Å². The van der Waals surface area contributed by atoms with E-state index in [1.54, 1.807) is 7.11 Å². The molecule has 1 aliphatic carbocycles. The van der Waals surface area contributed by atoms with Gasteiger partial charge < -0.3 is 19.5 Å². The van der Waals surface area contributed by atoms with Gasteiger partial charge in [-0.3, -0.25) is 0 Å². The van der Waals surface area contributed by atoms with Crippen LogP contribution in [0.5, 0.6) is 11.5 Å². The molecule has 1 aliphatic heterocycles. The van der Waals surface area contributed by atoms with Crippen molar-refractivity contribution in [3.63, 3.8) is 0 Å². The Morgan fingerprint density at radius 3 is 2.86 bits per heavy atom. The number of hydrogen-bond acceptors (Lipinski definition) is 4. The SMILES string of the molecule is COc1cc2c(c(CN(C)CC3CCCC3O)c1)OC(C)C2. The second-order valence-electron chi connectivity index (χ2n) is 6.86. The van der Waals surface area contributed by atoms with E-state index in [1.807, 2.05) is 0 Å². The molecule has 4 heteroatoms. The lowest BCUT2D eigenvalue weighted by molar-refractivity contribution is 0.107. The molecule has 0 spiro atoms. The van der Waals surface area contributed by atoms with Crippen molar-refractivity contribution in [3.05, 3.63) is 23.3 Å². The zero-order valence-corrected chi connectivity index (χ0v) is 13.8. The largest absolute Gasteiger partial charge is 0.497 e. The van der Waals surface area contributed by atoms with E-state index in [4.69, 9.17) is 9.47 Å². The Hall–Kier alpha value is -1.26. The molecule has 1 heterocycles. The van der Waals surface area contributed by atoms with Gasteiger partial charge in [-0.05, 0) is 44.9 Å². The Morgan fingerprint density at radius 1 is 1.36 bits per heavy atom. The standard InChI is InChI=1S/C18H27NO3/c1-12-7-14-8-16(21-3)9-15(18(14)22-12)11-19(2)10-13-5-4-6-17(13)20/h8-9,12-13,17,20H,4-7,10-11H2,1-3H3. The highest BCUT2D eigenvalue weighted by atomic mass is 16.5. The van der Waals surface area contributed by atoms with Crippen molar-refractivity contribution in [1.82, 2.24) is 4.90 Å². The van der Waals surface area contributed by atoms with Crippen LogP contribution in [-0.2, 0) is 13.0 Å². The summed E-state index contributed by atoms with van der Waals surface area (Å²) in [7, 11) is 3.83. The number of rotatable bonds is 5. The van der Waals surface area contributed by atoms with Gasteiger partial charge in [0, 0.05) is 30.6 Å². The minimum Gasteiger partial charge on any atom is -0.497 e. The highest BCUT2D eigenvalue weighted by Crippen LogP contribution is 2.37. The van der Waals surface area contributed by atoms with E-state index in [2.05, 4.69) is 31.0 Å². The topological polar surface area (TPSA) is 41.9 Å². The van der Waals surface area contributed by atoms with Gasteiger partial charge in [0.05, 0.1) is 13.2 Å². The molecule has 0 bridgehead atoms. The number of aliphatic hydroxyl groups is 1. The Morgan fingerprint density at radius 2 is 2.18 bits per heavy atom. The van der Waals surface area contributed by atoms with Crippen molar-refractivity contribution in [2.75, 3.05) is 20.7 Å². The van der Waals surface area contributed by atoms with Crippen LogP contribution >= 0.6 is 0 Å². The van der Waals surface area contributed by atoms with Crippen LogP contribution in [0.25, 0.3) is 0 Å². The minimum atomic E-state index is -0.130. The molecule has 1 N–H and O–H groups in total. The van der Waals surface area contributed by atoms with Crippen molar-refractivity contribution in [2.24, 2.45) is 5.92 Å². The minimum absolute atomic E-state index is 0.130. The van der Waals surface area contributed by atoms with Gasteiger partial charge >= 0.3 is 0 Å². The zero-order chi connectivity index (χ0) is 15.7. The number of nitrogens with zero attached hydrogens (tertiary/aromatic N) is 1. The fourth-order valence-electron chi connectivity index (χ4n) is 3.80. The summed E-state index contributed by atoms with van der Waals surface area (Å²) < 4.78 is 11.4. The Kier molecular flexibility index (Phi) is 4.59. The number of ether oxygens (including phenoxy) is 2. The predicted octanol–water partition coefficient (Wildman–Crippen LogP) is 2.61. The highest BCUT2D eigenvalue weighted by Gasteiger charge is 2.28. The third-order valence-corrected chi connectivity index (χ3v) is 4.88. The average molecular weight is 305 g/mol. The van der Waals surface area contributed by atoms with Gasteiger partial charge in [0.15, 0.2) is 0 Å². The second kappa shape index (κ2) is 6.47. The molecular weight excluding hydrogens is 278 g/mol. The fraction of sp³-hybridized carbons (Fsp3) is 0.667. The number of benzene rings is 1. The molecule has 2 aliphatic rings. The normalized spacial score (nSPS) is 27.0. The summed E-state index contributed by atoms with van der Waals surface area (Å²) in [5.74, 6) is 2.34. The van der Waals surface area contributed by atoms with E-state index in [9.17, 15) is 5.11 Å². The monoisotopic (exact) mass is 305 g/mol. The average Bonchev–Trinajstić information content (AvgIpc) is 3.04. The molecule has 0 radical (unpaired) electrons. The molecule has 3 unspecified atom stereocenters. The van der Waals surface area contributed by atoms with Crippen molar-refractivity contribution >= 4 is 0 Å². The first kappa shape index (κ1) is 15.6. The van der Waals surface area contributed by atoms with Crippen LogP contribution in [0.3, 0.4) is 0 Å². The summed E-state index contributed by atoms with van der Waals surface area (Å²) in [5.41, 5.74) is 2.44. The lowest BCUT2D eigenvalue weighted by Gasteiger charge is -2.24. The van der Waals surface area contributed by atoms with Gasteiger partial charge in [0.1, 0.15) is 17.6 Å². The van der Waals surface area contributed by atoms with Crippen molar-refractivity contribution in [1.29, 1.82) is 0 Å².